The number of furan rings is 1. The second-order valence-corrected chi connectivity index (χ2v) is 17.3. The Labute approximate surface area is 411 Å². The Morgan fingerprint density at radius 1 is 0.338 bits per heavy atom. The highest BCUT2D eigenvalue weighted by atomic mass is 16.3. The zero-order valence-corrected chi connectivity index (χ0v) is 37.2. The van der Waals surface area contributed by atoms with Crippen molar-refractivity contribution >= 4 is 21.9 Å². The molecule has 11 aromatic rings. The van der Waals surface area contributed by atoms with Gasteiger partial charge in [-0.05, 0) is 161 Å². The number of hydrogen-bond donors (Lipinski definition) is 0. The van der Waals surface area contributed by atoms with Crippen LogP contribution in [-0.4, -0.2) is 15.0 Å². The van der Waals surface area contributed by atoms with Crippen LogP contribution in [0.3, 0.4) is 0 Å². The van der Waals surface area contributed by atoms with Crippen molar-refractivity contribution in [3.05, 3.63) is 246 Å². The maximum atomic E-state index is 7.93. The van der Waals surface area contributed by atoms with Crippen LogP contribution in [0.1, 0.15) is 51.3 Å². The highest BCUT2D eigenvalue weighted by Crippen LogP contribution is 2.42. The van der Waals surface area contributed by atoms with Crippen molar-refractivity contribution in [3.8, 4) is 67.2 Å². The van der Waals surface area contributed by atoms with Crippen molar-refractivity contribution in [2.45, 2.75) is 46.2 Å². The minimum Gasteiger partial charge on any atom is -0.456 e. The second kappa shape index (κ2) is 18.6. The molecule has 4 heteroatoms. The number of pyridine rings is 3. The van der Waals surface area contributed by atoms with Crippen LogP contribution in [0.4, 0.5) is 0 Å². The second-order valence-electron chi connectivity index (χ2n) is 17.3. The lowest BCUT2D eigenvalue weighted by atomic mass is 9.86. The molecule has 0 radical (unpaired) electrons. The molecule has 0 aliphatic heterocycles. The predicted octanol–water partition coefficient (Wildman–Crippen LogP) is 16.3. The third kappa shape index (κ3) is 9.01. The van der Waals surface area contributed by atoms with Crippen molar-refractivity contribution in [2.24, 2.45) is 0 Å². The van der Waals surface area contributed by atoms with Gasteiger partial charge in [-0.25, -0.2) is 0 Å². The van der Waals surface area contributed by atoms with E-state index in [1.807, 2.05) is 42.5 Å². The summed E-state index contributed by atoms with van der Waals surface area (Å²) in [5, 5.41) is 2.07. The van der Waals surface area contributed by atoms with Gasteiger partial charge in [0.05, 0.1) is 17.1 Å². The molecule has 0 amide bonds. The van der Waals surface area contributed by atoms with E-state index in [0.29, 0.717) is 17.1 Å². The number of hydrogen-bond acceptors (Lipinski definition) is 4. The average molecular weight is 887 g/mol. The molecular weight excluding hydrogens is 827 g/mol. The zero-order chi connectivity index (χ0) is 53.5. The Balaban J connectivity index is 0.952. The quantitative estimate of drug-likeness (QED) is 0.123. The van der Waals surface area contributed by atoms with E-state index >= 15 is 0 Å². The zero-order valence-electron chi connectivity index (χ0n) is 46.2. The summed E-state index contributed by atoms with van der Waals surface area (Å²) in [6.07, 6.45) is 7.42. The van der Waals surface area contributed by atoms with Crippen molar-refractivity contribution in [2.75, 3.05) is 0 Å². The van der Waals surface area contributed by atoms with E-state index in [0.717, 1.165) is 109 Å². The van der Waals surface area contributed by atoms with E-state index in [-0.39, 0.29) is 16.7 Å². The highest BCUT2D eigenvalue weighted by molar-refractivity contribution is 6.06. The van der Waals surface area contributed by atoms with E-state index in [1.54, 1.807) is 36.4 Å². The Bertz CT molecular complexity index is 3780. The SMILES string of the molecule is [2H]C([2H])([2H])c1ccc(-c2ccc(CCc3cc(CCc4ccc(-c5ccc(C([2H])([2H])[2H])cn5)cc4)cc(-c4ccccc4-c4ccc(-c5ccc(C([2H])([2H])[2H])cn5)cc4-c4ccc5c(c4)oc4ccccc45)c3)cc2)nc1. The number of fused-ring (bicyclic) bond motifs is 3. The lowest BCUT2D eigenvalue weighted by molar-refractivity contribution is 0.669. The van der Waals surface area contributed by atoms with Gasteiger partial charge >= 0.3 is 0 Å². The molecule has 0 N–H and O–H groups in total. The smallest absolute Gasteiger partial charge is 0.136 e. The summed E-state index contributed by atoms with van der Waals surface area (Å²) in [7, 11) is 0. The minimum absolute atomic E-state index is 0.185. The molecule has 0 aliphatic carbocycles. The summed E-state index contributed by atoms with van der Waals surface area (Å²) in [5.41, 5.74) is 17.8. The van der Waals surface area contributed by atoms with Crippen molar-refractivity contribution < 1.29 is 16.8 Å². The van der Waals surface area contributed by atoms with E-state index in [9.17, 15) is 0 Å². The molecule has 0 fully saturated rings. The molecule has 328 valence electrons. The summed E-state index contributed by atoms with van der Waals surface area (Å²) in [6, 6.07) is 62.9. The molecule has 7 aromatic carbocycles. The highest BCUT2D eigenvalue weighted by Gasteiger charge is 2.18. The van der Waals surface area contributed by atoms with Gasteiger partial charge < -0.3 is 4.42 Å². The molecule has 4 aromatic heterocycles. The monoisotopic (exact) mass is 886 g/mol. The van der Waals surface area contributed by atoms with E-state index in [2.05, 4.69) is 124 Å². The molecule has 0 saturated carbocycles. The first kappa shape index (κ1) is 33.3. The van der Waals surface area contributed by atoms with Crippen LogP contribution >= 0.6 is 0 Å². The first-order valence-electron chi connectivity index (χ1n) is 27.4. The Kier molecular flexibility index (Phi) is 9.10. The van der Waals surface area contributed by atoms with Gasteiger partial charge in [0.1, 0.15) is 11.2 Å². The summed E-state index contributed by atoms with van der Waals surface area (Å²) < 4.78 is 76.6. The van der Waals surface area contributed by atoms with Crippen molar-refractivity contribution in [1.29, 1.82) is 0 Å². The lowest BCUT2D eigenvalue weighted by Crippen LogP contribution is -1.98. The molecule has 0 atom stereocenters. The molecule has 0 saturated heterocycles. The molecule has 4 heterocycles. The molecule has 68 heavy (non-hydrogen) atoms. The van der Waals surface area contributed by atoms with E-state index < -0.39 is 20.6 Å². The maximum Gasteiger partial charge on any atom is 0.136 e. The predicted molar refractivity (Wildman–Crippen MR) is 282 cm³/mol. The summed E-state index contributed by atoms with van der Waals surface area (Å²) in [6.45, 7) is -6.69. The van der Waals surface area contributed by atoms with Crippen molar-refractivity contribution in [1.82, 2.24) is 15.0 Å². The normalized spacial score (nSPS) is 13.9. The largest absolute Gasteiger partial charge is 0.456 e. The van der Waals surface area contributed by atoms with Crippen LogP contribution < -0.4 is 0 Å². The Morgan fingerprint density at radius 2 is 0.824 bits per heavy atom. The molecule has 0 aliphatic rings. The first-order valence-corrected chi connectivity index (χ1v) is 22.9. The lowest BCUT2D eigenvalue weighted by Gasteiger charge is -2.18. The fourth-order valence-electron chi connectivity index (χ4n) is 9.20. The first-order chi connectivity index (χ1) is 37.0. The van der Waals surface area contributed by atoms with Gasteiger partial charge in [0.15, 0.2) is 0 Å². The Morgan fingerprint density at radius 3 is 1.40 bits per heavy atom. The molecule has 4 nitrogen and oxygen atoms in total. The standard InChI is InChI=1S/C64H51N3O/c1-42-12-31-60(65-39-42)49-23-19-45(20-24-49)15-17-47-34-48(18-16-46-21-25-50(26-22-46)61-32-13-43(2)40-66-61)36-53(35-47)54-8-4-5-9-55(54)56-29-28-52(62-33-14-44(3)41-67-62)37-59(56)51-27-30-58-57-10-6-7-11-63(57)68-64(58)38-51/h4-14,19-41H,15-18H2,1-3H3/i1D3,2D3,3D3. The van der Waals surface area contributed by atoms with Gasteiger partial charge in [-0.15, -0.1) is 0 Å². The van der Waals surface area contributed by atoms with Crippen LogP contribution in [0, 0.1) is 20.6 Å². The molecule has 0 unspecified atom stereocenters. The average Bonchev–Trinajstić information content (AvgIpc) is 3.87. The third-order valence-electron chi connectivity index (χ3n) is 12.8. The van der Waals surface area contributed by atoms with Gasteiger partial charge in [-0.2, -0.15) is 0 Å². The van der Waals surface area contributed by atoms with Gasteiger partial charge in [0.2, 0.25) is 0 Å². The van der Waals surface area contributed by atoms with Crippen LogP contribution in [0.5, 0.6) is 0 Å². The van der Waals surface area contributed by atoms with Crippen LogP contribution in [-0.2, 0) is 25.7 Å². The summed E-state index contributed by atoms with van der Waals surface area (Å²) in [5.74, 6) is 0. The maximum absolute atomic E-state index is 7.93. The summed E-state index contributed by atoms with van der Waals surface area (Å²) >= 11 is 0. The van der Waals surface area contributed by atoms with E-state index in [4.69, 9.17) is 16.8 Å². The van der Waals surface area contributed by atoms with Gasteiger partial charge in [-0.1, -0.05) is 146 Å². The van der Waals surface area contributed by atoms with Crippen LogP contribution in [0.25, 0.3) is 89.1 Å². The minimum atomic E-state index is -2.27. The fourth-order valence-corrected chi connectivity index (χ4v) is 9.20. The van der Waals surface area contributed by atoms with Crippen LogP contribution in [0.15, 0.2) is 211 Å². The Hall–Kier alpha value is -8.21. The summed E-state index contributed by atoms with van der Waals surface area (Å²) in [4.78, 5) is 13.5. The molecule has 0 bridgehead atoms. The number of rotatable bonds is 12. The molecule has 11 rings (SSSR count). The number of para-hydroxylation sites is 1. The number of aryl methyl sites for hydroxylation is 7. The number of benzene rings is 7. The van der Waals surface area contributed by atoms with Crippen molar-refractivity contribution in [3.63, 3.8) is 0 Å². The van der Waals surface area contributed by atoms with Crippen LogP contribution in [0.2, 0.25) is 0 Å². The van der Waals surface area contributed by atoms with Gasteiger partial charge in [0.25, 0.3) is 0 Å². The van der Waals surface area contributed by atoms with E-state index in [1.165, 1.54) is 29.7 Å². The third-order valence-corrected chi connectivity index (χ3v) is 12.8. The molecular formula is C64H51N3O. The van der Waals surface area contributed by atoms with Gasteiger partial charge in [0, 0.05) is 58.4 Å². The number of nitrogens with zero attached hydrogens (tertiary/aromatic N) is 3. The topological polar surface area (TPSA) is 51.8 Å². The van der Waals surface area contributed by atoms with Gasteiger partial charge in [-0.3, -0.25) is 15.0 Å². The fraction of sp³-hybridized carbons (Fsp3) is 0.109. The number of aromatic nitrogens is 3. The molecule has 0 spiro atoms.